The molecule has 0 spiro atoms. The predicted molar refractivity (Wildman–Crippen MR) is 118 cm³/mol. The first kappa shape index (κ1) is 22.8. The Kier molecular flexibility index (Phi) is 6.38. The van der Waals surface area contributed by atoms with Crippen LogP contribution < -0.4 is 5.32 Å². The average molecular weight is 462 g/mol. The first-order valence-electron chi connectivity index (χ1n) is 9.16. The second-order valence-electron chi connectivity index (χ2n) is 6.99. The van der Waals surface area contributed by atoms with Gasteiger partial charge >= 0.3 is 6.09 Å². The lowest BCUT2D eigenvalue weighted by atomic mass is 9.98. The van der Waals surface area contributed by atoms with Gasteiger partial charge in [-0.3, -0.25) is 9.87 Å². The number of ether oxygens (including phenoxy) is 1. The molecule has 0 saturated heterocycles. The van der Waals surface area contributed by atoms with E-state index in [0.717, 1.165) is 22.3 Å². The third-order valence-electron chi connectivity index (χ3n) is 5.13. The quantitative estimate of drug-likeness (QED) is 0.556. The zero-order chi connectivity index (χ0) is 21.5. The fraction of sp³-hybridized carbons (Fsp3) is 0.136. The van der Waals surface area contributed by atoms with Gasteiger partial charge in [0.05, 0.1) is 10.7 Å². The van der Waals surface area contributed by atoms with Crippen LogP contribution in [0.15, 0.2) is 65.6 Å². The number of carbonyl (C=O) groups is 1. The largest absolute Gasteiger partial charge is 0.448 e. The van der Waals surface area contributed by atoms with Gasteiger partial charge < -0.3 is 10.2 Å². The van der Waals surface area contributed by atoms with Crippen molar-refractivity contribution in [2.45, 2.75) is 17.7 Å². The first-order chi connectivity index (χ1) is 14.3. The fourth-order valence-corrected chi connectivity index (χ4v) is 5.00. The van der Waals surface area contributed by atoms with E-state index in [2.05, 4.69) is 5.32 Å². The molecule has 3 aromatic carbocycles. The number of fused-ring (bicyclic) bond motifs is 3. The molecule has 4 N–H and O–H groups in total. The molecule has 1 aliphatic carbocycles. The summed E-state index contributed by atoms with van der Waals surface area (Å²) in [5.74, 6) is -0.142. The number of amides is 1. The van der Waals surface area contributed by atoms with Gasteiger partial charge in [0.15, 0.2) is 0 Å². The van der Waals surface area contributed by atoms with Crippen molar-refractivity contribution < 1.29 is 28.0 Å². The Balaban J connectivity index is 0.00000272. The minimum absolute atomic E-state index is 0. The lowest BCUT2D eigenvalue weighted by Crippen LogP contribution is -2.20. The fourth-order valence-electron chi connectivity index (χ4n) is 3.85. The first-order valence-corrected chi connectivity index (χ1v) is 11.0. The summed E-state index contributed by atoms with van der Waals surface area (Å²) >= 11 is 6.07. The lowest BCUT2D eigenvalue weighted by molar-refractivity contribution is 0.158. The summed E-state index contributed by atoms with van der Waals surface area (Å²) < 4.78 is 38.5. The zero-order valence-corrected chi connectivity index (χ0v) is 18.0. The second-order valence-corrected chi connectivity index (χ2v) is 8.76. The Hall–Kier alpha value is -2.91. The molecule has 0 aromatic heterocycles. The van der Waals surface area contributed by atoms with Crippen molar-refractivity contribution in [1.82, 2.24) is 0 Å². The summed E-state index contributed by atoms with van der Waals surface area (Å²) in [6, 6.07) is 18.7. The van der Waals surface area contributed by atoms with Crippen molar-refractivity contribution in [2.24, 2.45) is 0 Å². The SMILES string of the molecule is Cc1ccc(Cl)c(NC(=O)OCC2c3ccccc3-c3ccccc32)c1S(=O)(=O)O.O. The molecule has 4 rings (SSSR count). The number of aryl methyl sites for hydroxylation is 1. The van der Waals surface area contributed by atoms with Gasteiger partial charge in [0, 0.05) is 5.92 Å². The van der Waals surface area contributed by atoms with Gasteiger partial charge in [0.25, 0.3) is 10.1 Å². The van der Waals surface area contributed by atoms with E-state index < -0.39 is 21.1 Å². The van der Waals surface area contributed by atoms with E-state index in [9.17, 15) is 17.8 Å². The number of benzene rings is 3. The minimum atomic E-state index is -4.60. The maximum Gasteiger partial charge on any atom is 0.411 e. The van der Waals surface area contributed by atoms with Crippen LogP contribution in [0.25, 0.3) is 11.1 Å². The molecule has 0 saturated carbocycles. The van der Waals surface area contributed by atoms with Gasteiger partial charge in [0.1, 0.15) is 11.5 Å². The lowest BCUT2D eigenvalue weighted by Gasteiger charge is -2.16. The smallest absolute Gasteiger partial charge is 0.411 e. The van der Waals surface area contributed by atoms with Gasteiger partial charge in [-0.2, -0.15) is 8.42 Å². The van der Waals surface area contributed by atoms with Gasteiger partial charge in [-0.25, -0.2) is 4.79 Å². The second kappa shape index (κ2) is 8.68. The standard InChI is InChI=1S/C22H18ClNO5S.H2O/c1-13-10-11-19(23)20(21(13)30(26,27)28)24-22(25)29-12-18-16-8-4-2-6-14(16)15-7-3-5-9-17(15)18;/h2-11,18H,12H2,1H3,(H,24,25)(H,26,27,28);1H2. The Morgan fingerprint density at radius 3 is 2.13 bits per heavy atom. The number of carbonyl (C=O) groups excluding carboxylic acids is 1. The van der Waals surface area contributed by atoms with Gasteiger partial charge in [-0.05, 0) is 40.8 Å². The summed E-state index contributed by atoms with van der Waals surface area (Å²) in [5.41, 5.74) is 4.33. The molecule has 3 aromatic rings. The molecular formula is C22H20ClNO6S. The van der Waals surface area contributed by atoms with E-state index in [-0.39, 0.29) is 34.3 Å². The predicted octanol–water partition coefficient (Wildman–Crippen LogP) is 4.43. The number of halogens is 1. The molecule has 162 valence electrons. The highest BCUT2D eigenvalue weighted by atomic mass is 35.5. The third-order valence-corrected chi connectivity index (χ3v) is 6.49. The summed E-state index contributed by atoms with van der Waals surface area (Å²) in [4.78, 5) is 12.0. The number of rotatable bonds is 4. The molecule has 0 unspecified atom stereocenters. The van der Waals surface area contributed by atoms with Crippen molar-refractivity contribution in [2.75, 3.05) is 11.9 Å². The molecule has 1 aliphatic rings. The van der Waals surface area contributed by atoms with E-state index in [0.29, 0.717) is 0 Å². The summed E-state index contributed by atoms with van der Waals surface area (Å²) in [7, 11) is -4.60. The topological polar surface area (TPSA) is 124 Å². The van der Waals surface area contributed by atoms with Crippen LogP contribution in [0.5, 0.6) is 0 Å². The Bertz CT molecular complexity index is 1210. The van der Waals surface area contributed by atoms with E-state index in [1.807, 2.05) is 48.5 Å². The van der Waals surface area contributed by atoms with Crippen LogP contribution in [0.3, 0.4) is 0 Å². The van der Waals surface area contributed by atoms with Crippen LogP contribution in [0, 0.1) is 6.92 Å². The molecule has 0 fully saturated rings. The Labute approximate surface area is 184 Å². The van der Waals surface area contributed by atoms with Crippen molar-refractivity contribution in [3.63, 3.8) is 0 Å². The average Bonchev–Trinajstić information content (AvgIpc) is 3.02. The van der Waals surface area contributed by atoms with Crippen LogP contribution in [0.1, 0.15) is 22.6 Å². The number of hydrogen-bond donors (Lipinski definition) is 2. The normalized spacial score (nSPS) is 12.5. The molecule has 1 amide bonds. The van der Waals surface area contributed by atoms with Gasteiger partial charge in [0.2, 0.25) is 0 Å². The van der Waals surface area contributed by atoms with E-state index >= 15 is 0 Å². The van der Waals surface area contributed by atoms with Gasteiger partial charge in [-0.1, -0.05) is 66.2 Å². The van der Waals surface area contributed by atoms with Crippen LogP contribution in [0.4, 0.5) is 10.5 Å². The molecule has 31 heavy (non-hydrogen) atoms. The molecule has 0 atom stereocenters. The highest BCUT2D eigenvalue weighted by Crippen LogP contribution is 2.44. The van der Waals surface area contributed by atoms with E-state index in [1.165, 1.54) is 19.1 Å². The maximum absolute atomic E-state index is 12.5. The molecule has 0 aliphatic heterocycles. The summed E-state index contributed by atoms with van der Waals surface area (Å²) in [6.45, 7) is 1.55. The molecular weight excluding hydrogens is 442 g/mol. The molecule has 0 bridgehead atoms. The van der Waals surface area contributed by atoms with Crippen LogP contribution >= 0.6 is 11.6 Å². The Morgan fingerprint density at radius 2 is 1.58 bits per heavy atom. The highest BCUT2D eigenvalue weighted by molar-refractivity contribution is 7.86. The number of anilines is 1. The number of nitrogens with one attached hydrogen (secondary N) is 1. The third kappa shape index (κ3) is 4.28. The van der Waals surface area contributed by atoms with Crippen molar-refractivity contribution >= 4 is 33.5 Å². The highest BCUT2D eigenvalue weighted by Gasteiger charge is 2.29. The van der Waals surface area contributed by atoms with Crippen molar-refractivity contribution in [3.05, 3.63) is 82.4 Å². The molecule has 7 nitrogen and oxygen atoms in total. The van der Waals surface area contributed by atoms with Crippen molar-refractivity contribution in [3.8, 4) is 11.1 Å². The zero-order valence-electron chi connectivity index (χ0n) is 16.4. The summed E-state index contributed by atoms with van der Waals surface area (Å²) in [6.07, 6.45) is -0.866. The minimum Gasteiger partial charge on any atom is -0.448 e. The monoisotopic (exact) mass is 461 g/mol. The molecule has 9 heteroatoms. The van der Waals surface area contributed by atoms with Crippen LogP contribution in [0.2, 0.25) is 5.02 Å². The molecule has 0 radical (unpaired) electrons. The maximum atomic E-state index is 12.5. The van der Waals surface area contributed by atoms with Crippen molar-refractivity contribution in [1.29, 1.82) is 0 Å². The van der Waals surface area contributed by atoms with Gasteiger partial charge in [-0.15, -0.1) is 0 Å². The summed E-state index contributed by atoms with van der Waals surface area (Å²) in [5, 5.41) is 2.34. The van der Waals surface area contributed by atoms with Crippen LogP contribution in [-0.4, -0.2) is 31.1 Å². The van der Waals surface area contributed by atoms with E-state index in [1.54, 1.807) is 0 Å². The van der Waals surface area contributed by atoms with Crippen LogP contribution in [-0.2, 0) is 14.9 Å². The Morgan fingerprint density at radius 1 is 1.03 bits per heavy atom. The molecule has 0 heterocycles. The van der Waals surface area contributed by atoms with E-state index in [4.69, 9.17) is 16.3 Å². The number of hydrogen-bond acceptors (Lipinski definition) is 4.